The van der Waals surface area contributed by atoms with Crippen molar-refractivity contribution in [2.24, 2.45) is 5.41 Å². The minimum absolute atomic E-state index is 0. The highest BCUT2D eigenvalue weighted by Gasteiger charge is 2.39. The van der Waals surface area contributed by atoms with E-state index in [9.17, 15) is 4.79 Å². The summed E-state index contributed by atoms with van der Waals surface area (Å²) in [5, 5.41) is 3.46. The lowest BCUT2D eigenvalue weighted by Gasteiger charge is -2.45. The molecule has 4 nitrogen and oxygen atoms in total. The Kier molecular flexibility index (Phi) is 9.22. The van der Waals surface area contributed by atoms with E-state index in [4.69, 9.17) is 0 Å². The highest BCUT2D eigenvalue weighted by atomic mass is 35.5. The van der Waals surface area contributed by atoms with Crippen molar-refractivity contribution in [2.45, 2.75) is 39.5 Å². The van der Waals surface area contributed by atoms with Gasteiger partial charge in [0, 0.05) is 38.3 Å². The predicted octanol–water partition coefficient (Wildman–Crippen LogP) is 3.66. The molecule has 0 saturated carbocycles. The Bertz CT molecular complexity index is 576. The molecule has 2 heterocycles. The first kappa shape index (κ1) is 23.1. The molecule has 2 fully saturated rings. The van der Waals surface area contributed by atoms with Gasteiger partial charge >= 0.3 is 0 Å². The molecular formula is C20H33Cl2N3O. The molecule has 2 saturated heterocycles. The molecule has 148 valence electrons. The molecule has 0 bridgehead atoms. The first-order valence-electron chi connectivity index (χ1n) is 9.42. The zero-order chi connectivity index (χ0) is 17.0. The summed E-state index contributed by atoms with van der Waals surface area (Å²) in [5.74, 6) is 0.347. The van der Waals surface area contributed by atoms with Gasteiger partial charge in [0.15, 0.2) is 0 Å². The minimum Gasteiger partial charge on any atom is -0.370 e. The van der Waals surface area contributed by atoms with E-state index >= 15 is 0 Å². The number of halogens is 2. The number of nitrogens with one attached hydrogen (secondary N) is 1. The maximum Gasteiger partial charge on any atom is 0.222 e. The Morgan fingerprint density at radius 3 is 2.58 bits per heavy atom. The van der Waals surface area contributed by atoms with Crippen LogP contribution in [0.3, 0.4) is 0 Å². The zero-order valence-corrected chi connectivity index (χ0v) is 17.6. The SMILES string of the molecule is CCN(CCN1CC2(CCNCC2)CCC1=O)c1cccc(C)c1.Cl.Cl. The molecule has 1 spiro atoms. The summed E-state index contributed by atoms with van der Waals surface area (Å²) in [4.78, 5) is 16.9. The van der Waals surface area contributed by atoms with Gasteiger partial charge in [-0.3, -0.25) is 4.79 Å². The van der Waals surface area contributed by atoms with Crippen LogP contribution in [0.5, 0.6) is 0 Å². The largest absolute Gasteiger partial charge is 0.370 e. The van der Waals surface area contributed by atoms with Gasteiger partial charge in [0.05, 0.1) is 0 Å². The summed E-state index contributed by atoms with van der Waals surface area (Å²) in [6, 6.07) is 8.65. The van der Waals surface area contributed by atoms with Crippen LogP contribution in [0, 0.1) is 12.3 Å². The van der Waals surface area contributed by atoms with Crippen molar-refractivity contribution in [3.63, 3.8) is 0 Å². The fraction of sp³-hybridized carbons (Fsp3) is 0.650. The van der Waals surface area contributed by atoms with Gasteiger partial charge in [0.25, 0.3) is 0 Å². The van der Waals surface area contributed by atoms with Crippen molar-refractivity contribution in [2.75, 3.05) is 44.2 Å². The topological polar surface area (TPSA) is 35.6 Å². The molecule has 2 aliphatic heterocycles. The van der Waals surface area contributed by atoms with Gasteiger partial charge in [-0.2, -0.15) is 0 Å². The summed E-state index contributed by atoms with van der Waals surface area (Å²) >= 11 is 0. The van der Waals surface area contributed by atoms with Crippen LogP contribution in [0.4, 0.5) is 5.69 Å². The molecule has 0 aliphatic carbocycles. The summed E-state index contributed by atoms with van der Waals surface area (Å²) in [6.07, 6.45) is 4.24. The van der Waals surface area contributed by atoms with Crippen LogP contribution >= 0.6 is 24.8 Å². The van der Waals surface area contributed by atoms with Gasteiger partial charge in [-0.25, -0.2) is 0 Å². The van der Waals surface area contributed by atoms with Crippen LogP contribution in [-0.4, -0.2) is 50.1 Å². The molecule has 2 aliphatic rings. The number of carbonyl (C=O) groups excluding carboxylic acids is 1. The first-order valence-corrected chi connectivity index (χ1v) is 9.42. The van der Waals surface area contributed by atoms with Crippen LogP contribution in [0.15, 0.2) is 24.3 Å². The average molecular weight is 402 g/mol. The van der Waals surface area contributed by atoms with Gasteiger partial charge in [0.2, 0.25) is 5.91 Å². The van der Waals surface area contributed by atoms with Crippen LogP contribution in [0.1, 0.15) is 38.2 Å². The minimum atomic E-state index is 0. The average Bonchev–Trinajstić information content (AvgIpc) is 2.59. The molecule has 6 heteroatoms. The highest BCUT2D eigenvalue weighted by Crippen LogP contribution is 2.38. The molecular weight excluding hydrogens is 369 g/mol. The van der Waals surface area contributed by atoms with E-state index in [0.29, 0.717) is 11.3 Å². The van der Waals surface area contributed by atoms with Crippen molar-refractivity contribution in [1.82, 2.24) is 10.2 Å². The molecule has 3 rings (SSSR count). The summed E-state index contributed by atoms with van der Waals surface area (Å²) < 4.78 is 0. The smallest absolute Gasteiger partial charge is 0.222 e. The van der Waals surface area contributed by atoms with Gasteiger partial charge in [-0.05, 0) is 69.3 Å². The maximum absolute atomic E-state index is 12.4. The number of aryl methyl sites for hydroxylation is 1. The molecule has 0 atom stereocenters. The number of hydrogen-bond acceptors (Lipinski definition) is 3. The molecule has 1 aromatic carbocycles. The Labute approximate surface area is 170 Å². The number of piperidine rings is 2. The Morgan fingerprint density at radius 1 is 1.19 bits per heavy atom. The summed E-state index contributed by atoms with van der Waals surface area (Å²) in [6.45, 7) is 10.2. The molecule has 0 aromatic heterocycles. The number of likely N-dealkylation sites (N-methyl/N-ethyl adjacent to an activating group) is 1. The van der Waals surface area contributed by atoms with E-state index in [2.05, 4.69) is 53.2 Å². The monoisotopic (exact) mass is 401 g/mol. The zero-order valence-electron chi connectivity index (χ0n) is 16.0. The molecule has 26 heavy (non-hydrogen) atoms. The number of nitrogens with zero attached hydrogens (tertiary/aromatic N) is 2. The number of anilines is 1. The third-order valence-corrected chi connectivity index (χ3v) is 5.80. The van der Waals surface area contributed by atoms with Gasteiger partial charge in [-0.15, -0.1) is 24.8 Å². The maximum atomic E-state index is 12.4. The molecule has 0 unspecified atom stereocenters. The second-order valence-corrected chi connectivity index (χ2v) is 7.48. The van der Waals surface area contributed by atoms with Crippen LogP contribution < -0.4 is 10.2 Å². The highest BCUT2D eigenvalue weighted by molar-refractivity contribution is 5.85. The van der Waals surface area contributed by atoms with Gasteiger partial charge in [-0.1, -0.05) is 12.1 Å². The number of benzene rings is 1. The third-order valence-electron chi connectivity index (χ3n) is 5.80. The van der Waals surface area contributed by atoms with Crippen molar-refractivity contribution >= 4 is 36.4 Å². The molecule has 1 aromatic rings. The lowest BCUT2D eigenvalue weighted by molar-refractivity contribution is -0.138. The lowest BCUT2D eigenvalue weighted by atomic mass is 9.73. The van der Waals surface area contributed by atoms with E-state index in [1.807, 2.05) is 0 Å². The molecule has 1 N–H and O–H groups in total. The lowest BCUT2D eigenvalue weighted by Crippen LogP contribution is -2.52. The van der Waals surface area contributed by atoms with E-state index in [0.717, 1.165) is 52.1 Å². The van der Waals surface area contributed by atoms with Crippen LogP contribution in [0.2, 0.25) is 0 Å². The standard InChI is InChI=1S/C20H31N3O.2ClH/c1-3-22(18-6-4-5-17(2)15-18)13-14-23-16-20(8-7-19(23)24)9-11-21-12-10-20;;/h4-6,15,21H,3,7-14,16H2,1-2H3;2*1H. The third kappa shape index (κ3) is 5.51. The van der Waals surface area contributed by atoms with Crippen molar-refractivity contribution < 1.29 is 4.79 Å². The Balaban J connectivity index is 0.00000169. The van der Waals surface area contributed by atoms with E-state index in [1.165, 1.54) is 24.1 Å². The molecule has 1 amide bonds. The van der Waals surface area contributed by atoms with Crippen molar-refractivity contribution in [3.8, 4) is 0 Å². The number of carbonyl (C=O) groups is 1. The fourth-order valence-corrected chi connectivity index (χ4v) is 4.21. The second-order valence-electron chi connectivity index (χ2n) is 7.48. The summed E-state index contributed by atoms with van der Waals surface area (Å²) in [5.41, 5.74) is 2.92. The van der Waals surface area contributed by atoms with E-state index < -0.39 is 0 Å². The van der Waals surface area contributed by atoms with Crippen molar-refractivity contribution in [1.29, 1.82) is 0 Å². The first-order chi connectivity index (χ1) is 11.6. The van der Waals surface area contributed by atoms with Gasteiger partial charge < -0.3 is 15.1 Å². The van der Waals surface area contributed by atoms with Crippen LogP contribution in [0.25, 0.3) is 0 Å². The number of rotatable bonds is 5. The van der Waals surface area contributed by atoms with E-state index in [1.54, 1.807) is 0 Å². The molecule has 0 radical (unpaired) electrons. The fourth-order valence-electron chi connectivity index (χ4n) is 4.21. The van der Waals surface area contributed by atoms with Crippen LogP contribution in [-0.2, 0) is 4.79 Å². The Hall–Kier alpha value is -0.970. The quantitative estimate of drug-likeness (QED) is 0.817. The normalized spacial score (nSPS) is 18.8. The predicted molar refractivity (Wildman–Crippen MR) is 114 cm³/mol. The van der Waals surface area contributed by atoms with Crippen molar-refractivity contribution in [3.05, 3.63) is 29.8 Å². The number of hydrogen-bond donors (Lipinski definition) is 1. The Morgan fingerprint density at radius 2 is 1.92 bits per heavy atom. The van der Waals surface area contributed by atoms with Gasteiger partial charge in [0.1, 0.15) is 0 Å². The van der Waals surface area contributed by atoms with E-state index in [-0.39, 0.29) is 24.8 Å². The summed E-state index contributed by atoms with van der Waals surface area (Å²) in [7, 11) is 0. The second kappa shape index (κ2) is 10.4. The number of amides is 1. The number of likely N-dealkylation sites (tertiary alicyclic amines) is 1.